The predicted molar refractivity (Wildman–Crippen MR) is 74.1 cm³/mol. The van der Waals surface area contributed by atoms with E-state index in [2.05, 4.69) is 22.3 Å². The van der Waals surface area contributed by atoms with Crippen LogP contribution in [0, 0.1) is 0 Å². The molecule has 1 rings (SSSR count). The highest BCUT2D eigenvalue weighted by Crippen LogP contribution is 2.10. The maximum absolute atomic E-state index is 5.39. The van der Waals surface area contributed by atoms with E-state index in [-0.39, 0.29) is 5.95 Å². The van der Waals surface area contributed by atoms with Gasteiger partial charge in [0.15, 0.2) is 0 Å². The molecule has 104 valence electrons. The van der Waals surface area contributed by atoms with Gasteiger partial charge in [0.2, 0.25) is 0 Å². The molecule has 1 aromatic rings. The summed E-state index contributed by atoms with van der Waals surface area (Å²) >= 11 is 0. The summed E-state index contributed by atoms with van der Waals surface area (Å²) in [7, 11) is 0. The number of anilines is 1. The number of hydrogen-bond acceptors (Lipinski definition) is 4. The molecule has 1 heterocycles. The summed E-state index contributed by atoms with van der Waals surface area (Å²) in [6, 6.07) is 0. The Balaban J connectivity index is 1.81. The smallest absolute Gasteiger partial charge is 0.260 e. The average Bonchev–Trinajstić information content (AvgIpc) is 2.77. The first kappa shape index (κ1) is 14.9. The van der Waals surface area contributed by atoms with Gasteiger partial charge in [-0.3, -0.25) is 0 Å². The van der Waals surface area contributed by atoms with E-state index in [0.29, 0.717) is 0 Å². The van der Waals surface area contributed by atoms with Crippen molar-refractivity contribution < 1.29 is 0 Å². The molecule has 0 atom stereocenters. The third-order valence-corrected chi connectivity index (χ3v) is 3.18. The van der Waals surface area contributed by atoms with Crippen molar-refractivity contribution in [2.75, 3.05) is 5.73 Å². The molecule has 0 fully saturated rings. The van der Waals surface area contributed by atoms with Gasteiger partial charge >= 0.3 is 0 Å². The molecule has 0 aliphatic heterocycles. The van der Waals surface area contributed by atoms with Crippen molar-refractivity contribution in [1.29, 1.82) is 0 Å². The minimum Gasteiger partial charge on any atom is -0.365 e. The lowest BCUT2D eigenvalue weighted by Crippen LogP contribution is -2.02. The van der Waals surface area contributed by atoms with E-state index in [1.54, 1.807) is 4.80 Å². The molecule has 0 unspecified atom stereocenters. The first-order chi connectivity index (χ1) is 8.83. The summed E-state index contributed by atoms with van der Waals surface area (Å²) in [5.41, 5.74) is 5.39. The van der Waals surface area contributed by atoms with Crippen LogP contribution in [0.2, 0.25) is 0 Å². The van der Waals surface area contributed by atoms with Crippen LogP contribution in [0.5, 0.6) is 0 Å². The molecule has 0 aliphatic carbocycles. The van der Waals surface area contributed by atoms with E-state index < -0.39 is 0 Å². The Morgan fingerprint density at radius 1 is 0.889 bits per heavy atom. The Morgan fingerprint density at radius 3 is 1.94 bits per heavy atom. The summed E-state index contributed by atoms with van der Waals surface area (Å²) in [6.07, 6.45) is 13.4. The fourth-order valence-corrected chi connectivity index (χ4v) is 2.09. The fourth-order valence-electron chi connectivity index (χ4n) is 2.09. The van der Waals surface area contributed by atoms with Gasteiger partial charge in [-0.15, -0.1) is 5.10 Å². The zero-order valence-corrected chi connectivity index (χ0v) is 11.6. The number of nitrogens with zero attached hydrogens (tertiary/aromatic N) is 4. The van der Waals surface area contributed by atoms with Crippen LogP contribution in [0.15, 0.2) is 0 Å². The first-order valence-corrected chi connectivity index (χ1v) is 7.36. The minimum atomic E-state index is 0.266. The highest BCUT2D eigenvalue weighted by atomic mass is 15.6. The maximum atomic E-state index is 5.39. The number of aromatic nitrogens is 4. The summed E-state index contributed by atoms with van der Waals surface area (Å²) in [5.74, 6) is 0.266. The fraction of sp³-hybridized carbons (Fsp3) is 0.923. The molecule has 0 amide bonds. The summed E-state index contributed by atoms with van der Waals surface area (Å²) in [6.45, 7) is 3.10. The van der Waals surface area contributed by atoms with Gasteiger partial charge in [0, 0.05) is 0 Å². The number of rotatable bonds is 11. The van der Waals surface area contributed by atoms with Crippen molar-refractivity contribution in [3.05, 3.63) is 0 Å². The Labute approximate surface area is 110 Å². The minimum absolute atomic E-state index is 0.266. The Kier molecular flexibility index (Phi) is 8.17. The molecule has 1 aromatic heterocycles. The summed E-state index contributed by atoms with van der Waals surface area (Å²) < 4.78 is 0. The Bertz CT molecular complexity index is 297. The molecule has 18 heavy (non-hydrogen) atoms. The molecule has 0 spiro atoms. The SMILES string of the molecule is CCCCCCCCCCCCn1nnc(N)n1. The largest absolute Gasteiger partial charge is 0.365 e. The molecule has 0 aliphatic rings. The van der Waals surface area contributed by atoms with E-state index in [9.17, 15) is 0 Å². The Morgan fingerprint density at radius 2 is 1.44 bits per heavy atom. The molecule has 2 N–H and O–H groups in total. The number of unbranched alkanes of at least 4 members (excludes halogenated alkanes) is 9. The number of tetrazole rings is 1. The molecule has 5 heteroatoms. The van der Waals surface area contributed by atoms with Gasteiger partial charge in [0.05, 0.1) is 6.54 Å². The number of nitrogen functional groups attached to an aromatic ring is 1. The van der Waals surface area contributed by atoms with E-state index in [1.165, 1.54) is 57.8 Å². The monoisotopic (exact) mass is 253 g/mol. The number of nitrogens with two attached hydrogens (primary N) is 1. The van der Waals surface area contributed by atoms with Crippen LogP contribution in [-0.2, 0) is 6.54 Å². The molecule has 0 saturated heterocycles. The van der Waals surface area contributed by atoms with Gasteiger partial charge < -0.3 is 5.73 Å². The average molecular weight is 253 g/mol. The standard InChI is InChI=1S/C13H27N5/c1-2-3-4-5-6-7-8-9-10-11-12-18-16-13(14)15-17-18/h2-12H2,1H3,(H2,14,16). The quantitative estimate of drug-likeness (QED) is 0.615. The van der Waals surface area contributed by atoms with Crippen LogP contribution < -0.4 is 5.73 Å². The van der Waals surface area contributed by atoms with E-state index in [1.807, 2.05) is 0 Å². The summed E-state index contributed by atoms with van der Waals surface area (Å²) in [4.78, 5) is 1.58. The highest BCUT2D eigenvalue weighted by molar-refractivity contribution is 5.06. The molecule has 0 aromatic carbocycles. The number of aryl methyl sites for hydroxylation is 1. The van der Waals surface area contributed by atoms with Gasteiger partial charge in [0.25, 0.3) is 5.95 Å². The van der Waals surface area contributed by atoms with Gasteiger partial charge in [0.1, 0.15) is 0 Å². The van der Waals surface area contributed by atoms with Crippen molar-refractivity contribution >= 4 is 5.95 Å². The van der Waals surface area contributed by atoms with Crippen LogP contribution in [0.4, 0.5) is 5.95 Å². The second-order valence-electron chi connectivity index (χ2n) is 4.93. The van der Waals surface area contributed by atoms with Gasteiger partial charge in [-0.25, -0.2) is 0 Å². The third-order valence-electron chi connectivity index (χ3n) is 3.18. The molecule has 0 radical (unpaired) electrons. The van der Waals surface area contributed by atoms with Crippen LogP contribution >= 0.6 is 0 Å². The molecule has 0 saturated carbocycles. The van der Waals surface area contributed by atoms with E-state index >= 15 is 0 Å². The van der Waals surface area contributed by atoms with Gasteiger partial charge in [-0.1, -0.05) is 69.8 Å². The van der Waals surface area contributed by atoms with Crippen LogP contribution in [0.3, 0.4) is 0 Å². The topological polar surface area (TPSA) is 69.6 Å². The lowest BCUT2D eigenvalue weighted by molar-refractivity contribution is 0.471. The van der Waals surface area contributed by atoms with Crippen molar-refractivity contribution in [2.24, 2.45) is 0 Å². The van der Waals surface area contributed by atoms with Crippen molar-refractivity contribution in [1.82, 2.24) is 20.2 Å². The molecule has 0 bridgehead atoms. The van der Waals surface area contributed by atoms with Crippen LogP contribution in [0.25, 0.3) is 0 Å². The van der Waals surface area contributed by atoms with Gasteiger partial charge in [-0.05, 0) is 11.6 Å². The Hall–Kier alpha value is -1.13. The van der Waals surface area contributed by atoms with Crippen LogP contribution in [-0.4, -0.2) is 20.2 Å². The first-order valence-electron chi connectivity index (χ1n) is 7.36. The maximum Gasteiger partial charge on any atom is 0.260 e. The van der Waals surface area contributed by atoms with Crippen LogP contribution in [0.1, 0.15) is 71.1 Å². The second-order valence-corrected chi connectivity index (χ2v) is 4.93. The lowest BCUT2D eigenvalue weighted by atomic mass is 10.1. The molecule has 5 nitrogen and oxygen atoms in total. The number of hydrogen-bond donors (Lipinski definition) is 1. The zero-order chi connectivity index (χ0) is 13.1. The highest BCUT2D eigenvalue weighted by Gasteiger charge is 1.97. The van der Waals surface area contributed by atoms with Crippen molar-refractivity contribution in [3.8, 4) is 0 Å². The van der Waals surface area contributed by atoms with Crippen molar-refractivity contribution in [2.45, 2.75) is 77.7 Å². The zero-order valence-electron chi connectivity index (χ0n) is 11.6. The second kappa shape index (κ2) is 9.85. The predicted octanol–water partition coefficient (Wildman–Crippen LogP) is 3.18. The van der Waals surface area contributed by atoms with E-state index in [4.69, 9.17) is 5.73 Å². The van der Waals surface area contributed by atoms with E-state index in [0.717, 1.165) is 13.0 Å². The molecular formula is C13H27N5. The lowest BCUT2D eigenvalue weighted by Gasteiger charge is -2.01. The van der Waals surface area contributed by atoms with Crippen molar-refractivity contribution in [3.63, 3.8) is 0 Å². The van der Waals surface area contributed by atoms with Gasteiger partial charge in [-0.2, -0.15) is 4.80 Å². The summed E-state index contributed by atoms with van der Waals surface area (Å²) in [5, 5.41) is 11.4. The molecular weight excluding hydrogens is 226 g/mol. The third kappa shape index (κ3) is 7.25. The normalized spacial score (nSPS) is 10.9.